The van der Waals surface area contributed by atoms with Crippen LogP contribution < -0.4 is 14.8 Å². The molecule has 2 rings (SSSR count). The van der Waals surface area contributed by atoms with Crippen molar-refractivity contribution in [3.05, 3.63) is 59.7 Å². The average Bonchev–Trinajstić information content (AvgIpc) is 2.70. The van der Waals surface area contributed by atoms with Gasteiger partial charge in [0.2, 0.25) is 0 Å². The number of benzene rings is 2. The van der Waals surface area contributed by atoms with Crippen LogP contribution in [0.1, 0.15) is 30.9 Å². The molecule has 1 N–H and O–H groups in total. The SMILES string of the molecule is COc1ccc(C=CC(=O)OCC(=O)Nc2ccc(C(C)C)cc2)cc1OC. The minimum absolute atomic E-state index is 0.360. The fraction of sp³-hybridized carbons (Fsp3) is 0.273. The molecule has 2 aromatic carbocycles. The van der Waals surface area contributed by atoms with Crippen molar-refractivity contribution in [1.82, 2.24) is 0 Å². The molecular formula is C22H25NO5. The van der Waals surface area contributed by atoms with E-state index in [1.807, 2.05) is 24.3 Å². The molecule has 0 fully saturated rings. The lowest BCUT2D eigenvalue weighted by Crippen LogP contribution is -2.20. The molecule has 0 unspecified atom stereocenters. The highest BCUT2D eigenvalue weighted by Crippen LogP contribution is 2.27. The van der Waals surface area contributed by atoms with Crippen LogP contribution in [0.4, 0.5) is 5.69 Å². The van der Waals surface area contributed by atoms with Crippen LogP contribution in [-0.4, -0.2) is 32.7 Å². The Balaban J connectivity index is 1.84. The Bertz CT molecular complexity index is 841. The molecule has 0 aliphatic heterocycles. The van der Waals surface area contributed by atoms with E-state index in [1.54, 1.807) is 31.4 Å². The zero-order chi connectivity index (χ0) is 20.5. The first-order valence-corrected chi connectivity index (χ1v) is 8.89. The van der Waals surface area contributed by atoms with E-state index in [1.165, 1.54) is 18.7 Å². The molecular weight excluding hydrogens is 358 g/mol. The van der Waals surface area contributed by atoms with E-state index in [4.69, 9.17) is 14.2 Å². The highest BCUT2D eigenvalue weighted by atomic mass is 16.5. The Morgan fingerprint density at radius 2 is 1.68 bits per heavy atom. The zero-order valence-corrected chi connectivity index (χ0v) is 16.5. The summed E-state index contributed by atoms with van der Waals surface area (Å²) in [6.45, 7) is 3.84. The number of methoxy groups -OCH3 is 2. The maximum atomic E-state index is 11.9. The number of hydrogen-bond acceptors (Lipinski definition) is 5. The Kier molecular flexibility index (Phi) is 7.63. The second-order valence-electron chi connectivity index (χ2n) is 6.38. The number of esters is 1. The molecule has 1 amide bonds. The molecule has 6 heteroatoms. The van der Waals surface area contributed by atoms with Gasteiger partial charge in [0, 0.05) is 11.8 Å². The van der Waals surface area contributed by atoms with Gasteiger partial charge in [-0.25, -0.2) is 4.79 Å². The van der Waals surface area contributed by atoms with Gasteiger partial charge in [-0.1, -0.05) is 32.0 Å². The topological polar surface area (TPSA) is 73.9 Å². The first kappa shape index (κ1) is 21.0. The van der Waals surface area contributed by atoms with E-state index in [0.29, 0.717) is 23.1 Å². The van der Waals surface area contributed by atoms with Crippen LogP contribution in [0.3, 0.4) is 0 Å². The maximum absolute atomic E-state index is 11.9. The molecule has 0 heterocycles. The van der Waals surface area contributed by atoms with Gasteiger partial charge in [-0.05, 0) is 47.4 Å². The van der Waals surface area contributed by atoms with E-state index in [9.17, 15) is 9.59 Å². The molecule has 28 heavy (non-hydrogen) atoms. The first-order chi connectivity index (χ1) is 13.4. The summed E-state index contributed by atoms with van der Waals surface area (Å²) in [5.74, 6) is 0.564. The van der Waals surface area contributed by atoms with Crippen LogP contribution in [0, 0.1) is 0 Å². The molecule has 148 valence electrons. The van der Waals surface area contributed by atoms with Gasteiger partial charge in [0.05, 0.1) is 14.2 Å². The molecule has 0 aliphatic rings. The number of ether oxygens (including phenoxy) is 3. The molecule has 0 atom stereocenters. The predicted octanol–water partition coefficient (Wildman–Crippen LogP) is 4.02. The fourth-order valence-electron chi connectivity index (χ4n) is 2.45. The monoisotopic (exact) mass is 383 g/mol. The van der Waals surface area contributed by atoms with Gasteiger partial charge in [0.15, 0.2) is 18.1 Å². The van der Waals surface area contributed by atoms with Crippen LogP contribution >= 0.6 is 0 Å². The summed E-state index contributed by atoms with van der Waals surface area (Å²) in [5.41, 5.74) is 2.58. The lowest BCUT2D eigenvalue weighted by molar-refractivity contribution is -0.142. The Morgan fingerprint density at radius 1 is 1.00 bits per heavy atom. The second kappa shape index (κ2) is 10.2. The van der Waals surface area contributed by atoms with E-state index in [-0.39, 0.29) is 6.61 Å². The fourth-order valence-corrected chi connectivity index (χ4v) is 2.45. The van der Waals surface area contributed by atoms with Crippen molar-refractivity contribution in [1.29, 1.82) is 0 Å². The third-order valence-electron chi connectivity index (χ3n) is 4.03. The van der Waals surface area contributed by atoms with Crippen LogP contribution in [0.25, 0.3) is 6.08 Å². The van der Waals surface area contributed by atoms with Crippen molar-refractivity contribution < 1.29 is 23.8 Å². The average molecular weight is 383 g/mol. The third kappa shape index (κ3) is 6.16. The molecule has 0 aromatic heterocycles. The van der Waals surface area contributed by atoms with Crippen molar-refractivity contribution in [3.8, 4) is 11.5 Å². The standard InChI is InChI=1S/C22H25NO5/c1-15(2)17-7-9-18(10-8-17)23-21(24)14-28-22(25)12-6-16-5-11-19(26-3)20(13-16)27-4/h5-13,15H,14H2,1-4H3,(H,23,24). The minimum atomic E-state index is -0.611. The van der Waals surface area contributed by atoms with E-state index >= 15 is 0 Å². The van der Waals surface area contributed by atoms with E-state index < -0.39 is 11.9 Å². The predicted molar refractivity (Wildman–Crippen MR) is 109 cm³/mol. The summed E-state index contributed by atoms with van der Waals surface area (Å²) in [6, 6.07) is 12.8. The van der Waals surface area contributed by atoms with Gasteiger partial charge in [0.1, 0.15) is 0 Å². The third-order valence-corrected chi connectivity index (χ3v) is 4.03. The number of hydrogen-bond donors (Lipinski definition) is 1. The number of anilines is 1. The summed E-state index contributed by atoms with van der Waals surface area (Å²) in [5, 5.41) is 2.69. The Labute approximate surface area is 165 Å². The van der Waals surface area contributed by atoms with Crippen molar-refractivity contribution in [2.75, 3.05) is 26.1 Å². The van der Waals surface area contributed by atoms with Gasteiger partial charge >= 0.3 is 5.97 Å². The zero-order valence-electron chi connectivity index (χ0n) is 16.5. The lowest BCUT2D eigenvalue weighted by Gasteiger charge is -2.08. The van der Waals surface area contributed by atoms with Gasteiger partial charge in [0.25, 0.3) is 5.91 Å². The van der Waals surface area contributed by atoms with Crippen molar-refractivity contribution >= 4 is 23.6 Å². The number of carbonyl (C=O) groups is 2. The smallest absolute Gasteiger partial charge is 0.331 e. The molecule has 0 spiro atoms. The molecule has 0 saturated heterocycles. The largest absolute Gasteiger partial charge is 0.493 e. The van der Waals surface area contributed by atoms with Gasteiger partial charge in [-0.2, -0.15) is 0 Å². The number of carbonyl (C=O) groups excluding carboxylic acids is 2. The minimum Gasteiger partial charge on any atom is -0.493 e. The quantitative estimate of drug-likeness (QED) is 0.550. The number of amides is 1. The van der Waals surface area contributed by atoms with E-state index in [0.717, 1.165) is 5.56 Å². The van der Waals surface area contributed by atoms with Crippen molar-refractivity contribution in [2.45, 2.75) is 19.8 Å². The van der Waals surface area contributed by atoms with Crippen LogP contribution in [0.2, 0.25) is 0 Å². The highest BCUT2D eigenvalue weighted by Gasteiger charge is 2.07. The summed E-state index contributed by atoms with van der Waals surface area (Å²) in [7, 11) is 3.09. The Hall–Kier alpha value is -3.28. The molecule has 2 aromatic rings. The molecule has 0 radical (unpaired) electrons. The van der Waals surface area contributed by atoms with Gasteiger partial charge in [-0.15, -0.1) is 0 Å². The molecule has 6 nitrogen and oxygen atoms in total. The number of rotatable bonds is 8. The summed E-state index contributed by atoms with van der Waals surface area (Å²) in [4.78, 5) is 23.7. The highest BCUT2D eigenvalue weighted by molar-refractivity contribution is 5.94. The lowest BCUT2D eigenvalue weighted by atomic mass is 10.0. The van der Waals surface area contributed by atoms with Crippen LogP contribution in [0.15, 0.2) is 48.5 Å². The summed E-state index contributed by atoms with van der Waals surface area (Å²) >= 11 is 0. The summed E-state index contributed by atoms with van der Waals surface area (Å²) in [6.07, 6.45) is 2.83. The van der Waals surface area contributed by atoms with Crippen LogP contribution in [-0.2, 0) is 14.3 Å². The van der Waals surface area contributed by atoms with Crippen molar-refractivity contribution in [3.63, 3.8) is 0 Å². The molecule has 0 saturated carbocycles. The van der Waals surface area contributed by atoms with Crippen molar-refractivity contribution in [2.24, 2.45) is 0 Å². The number of nitrogens with one attached hydrogen (secondary N) is 1. The Morgan fingerprint density at radius 3 is 2.29 bits per heavy atom. The van der Waals surface area contributed by atoms with Gasteiger partial charge < -0.3 is 19.5 Å². The summed E-state index contributed by atoms with van der Waals surface area (Å²) < 4.78 is 15.3. The molecule has 0 bridgehead atoms. The second-order valence-corrected chi connectivity index (χ2v) is 6.38. The first-order valence-electron chi connectivity index (χ1n) is 8.89. The normalized spacial score (nSPS) is 10.8. The maximum Gasteiger partial charge on any atom is 0.331 e. The van der Waals surface area contributed by atoms with E-state index in [2.05, 4.69) is 19.2 Å². The van der Waals surface area contributed by atoms with Gasteiger partial charge in [-0.3, -0.25) is 4.79 Å². The van der Waals surface area contributed by atoms with Crippen LogP contribution in [0.5, 0.6) is 11.5 Å². The molecule has 0 aliphatic carbocycles.